The Morgan fingerprint density at radius 1 is 1.17 bits per heavy atom. The maximum Gasteiger partial charge on any atom is 0.261 e. The van der Waals surface area contributed by atoms with Crippen LogP contribution in [0.5, 0.6) is 5.75 Å². The van der Waals surface area contributed by atoms with Crippen LogP contribution in [0.25, 0.3) is 0 Å². The molecule has 0 bridgehead atoms. The first-order valence-corrected chi connectivity index (χ1v) is 7.86. The normalized spacial score (nSPS) is 13.2. The molecule has 0 aliphatic rings. The lowest BCUT2D eigenvalue weighted by atomic mass is 10.0. The summed E-state index contributed by atoms with van der Waals surface area (Å²) in [5, 5.41) is 12.7. The summed E-state index contributed by atoms with van der Waals surface area (Å²) in [6, 6.07) is 16.2. The number of benzene rings is 2. The smallest absolute Gasteiger partial charge is 0.261 e. The van der Waals surface area contributed by atoms with Gasteiger partial charge in [0, 0.05) is 11.6 Å². The zero-order chi connectivity index (χ0) is 16.7. The second-order valence-electron chi connectivity index (χ2n) is 5.20. The molecule has 0 spiro atoms. The molecule has 0 aromatic heterocycles. The number of hydrogen-bond donors (Lipinski definition) is 2. The summed E-state index contributed by atoms with van der Waals surface area (Å²) < 4.78 is 5.61. The Hall–Kier alpha value is -2.04. The van der Waals surface area contributed by atoms with Crippen LogP contribution in [0.2, 0.25) is 5.02 Å². The number of carbonyl (C=O) groups excluding carboxylic acids is 1. The van der Waals surface area contributed by atoms with E-state index in [4.69, 9.17) is 16.3 Å². The standard InChI is InChI=1S/C18H20ClNO3/c1-13(23-16-9-7-15(19)8-10-16)18(22)20-17(11-12-21)14-5-3-2-4-6-14/h2-10,13,17,21H,11-12H2,1H3,(H,20,22). The zero-order valence-electron chi connectivity index (χ0n) is 12.9. The van der Waals surface area contributed by atoms with Crippen molar-refractivity contribution in [3.05, 3.63) is 65.2 Å². The van der Waals surface area contributed by atoms with Gasteiger partial charge in [-0.3, -0.25) is 4.79 Å². The largest absolute Gasteiger partial charge is 0.481 e. The highest BCUT2D eigenvalue weighted by Crippen LogP contribution is 2.19. The lowest BCUT2D eigenvalue weighted by Gasteiger charge is -2.21. The van der Waals surface area contributed by atoms with Crippen LogP contribution in [-0.2, 0) is 4.79 Å². The van der Waals surface area contributed by atoms with E-state index in [0.29, 0.717) is 17.2 Å². The number of aliphatic hydroxyl groups is 1. The van der Waals surface area contributed by atoms with E-state index >= 15 is 0 Å². The molecule has 0 radical (unpaired) electrons. The first kappa shape index (κ1) is 17.3. The molecule has 0 saturated heterocycles. The number of hydrogen-bond acceptors (Lipinski definition) is 3. The molecule has 23 heavy (non-hydrogen) atoms. The van der Waals surface area contributed by atoms with Crippen molar-refractivity contribution in [3.63, 3.8) is 0 Å². The van der Waals surface area contributed by atoms with Crippen LogP contribution >= 0.6 is 11.6 Å². The predicted molar refractivity (Wildman–Crippen MR) is 90.6 cm³/mol. The molecule has 0 saturated carbocycles. The van der Waals surface area contributed by atoms with Crippen LogP contribution in [0.4, 0.5) is 0 Å². The second-order valence-corrected chi connectivity index (χ2v) is 5.63. The molecule has 0 aliphatic heterocycles. The molecule has 2 N–H and O–H groups in total. The van der Waals surface area contributed by atoms with Crippen LogP contribution in [0, 0.1) is 0 Å². The molecule has 2 aromatic rings. The average Bonchev–Trinajstić information content (AvgIpc) is 2.57. The molecule has 2 atom stereocenters. The molecule has 122 valence electrons. The van der Waals surface area contributed by atoms with Gasteiger partial charge in [-0.1, -0.05) is 41.9 Å². The Bertz CT molecular complexity index is 616. The monoisotopic (exact) mass is 333 g/mol. The summed E-state index contributed by atoms with van der Waals surface area (Å²) in [5.41, 5.74) is 0.952. The maximum atomic E-state index is 12.3. The van der Waals surface area contributed by atoms with E-state index in [9.17, 15) is 9.90 Å². The van der Waals surface area contributed by atoms with Crippen molar-refractivity contribution < 1.29 is 14.6 Å². The van der Waals surface area contributed by atoms with Crippen molar-refractivity contribution in [2.75, 3.05) is 6.61 Å². The number of halogens is 1. The van der Waals surface area contributed by atoms with Gasteiger partial charge in [-0.15, -0.1) is 0 Å². The predicted octanol–water partition coefficient (Wildman–Crippen LogP) is 3.35. The van der Waals surface area contributed by atoms with Crippen molar-refractivity contribution in [1.82, 2.24) is 5.32 Å². The van der Waals surface area contributed by atoms with E-state index in [0.717, 1.165) is 5.56 Å². The molecule has 0 fully saturated rings. The second kappa shape index (κ2) is 8.56. The van der Waals surface area contributed by atoms with Crippen molar-refractivity contribution in [2.24, 2.45) is 0 Å². The molecule has 2 unspecified atom stereocenters. The third-order valence-corrected chi connectivity index (χ3v) is 3.68. The van der Waals surface area contributed by atoms with Crippen molar-refractivity contribution >= 4 is 17.5 Å². The Morgan fingerprint density at radius 3 is 2.43 bits per heavy atom. The first-order valence-electron chi connectivity index (χ1n) is 7.48. The Morgan fingerprint density at radius 2 is 1.83 bits per heavy atom. The number of carbonyl (C=O) groups is 1. The third-order valence-electron chi connectivity index (χ3n) is 3.43. The van der Waals surface area contributed by atoms with E-state index in [1.807, 2.05) is 30.3 Å². The number of aliphatic hydroxyl groups excluding tert-OH is 1. The maximum absolute atomic E-state index is 12.3. The molecule has 1 amide bonds. The fourth-order valence-corrected chi connectivity index (χ4v) is 2.32. The molecule has 5 heteroatoms. The van der Waals surface area contributed by atoms with Crippen LogP contribution in [0.1, 0.15) is 24.9 Å². The van der Waals surface area contributed by atoms with Gasteiger partial charge in [0.2, 0.25) is 0 Å². The number of rotatable bonds is 7. The van der Waals surface area contributed by atoms with Gasteiger partial charge in [0.1, 0.15) is 5.75 Å². The molecule has 2 aromatic carbocycles. The summed E-state index contributed by atoms with van der Waals surface area (Å²) >= 11 is 5.82. The molecular weight excluding hydrogens is 314 g/mol. The Labute approximate surface area is 141 Å². The highest BCUT2D eigenvalue weighted by Gasteiger charge is 2.20. The van der Waals surface area contributed by atoms with Crippen molar-refractivity contribution in [3.8, 4) is 5.75 Å². The van der Waals surface area contributed by atoms with E-state index in [-0.39, 0.29) is 18.6 Å². The van der Waals surface area contributed by atoms with Gasteiger partial charge in [0.25, 0.3) is 5.91 Å². The summed E-state index contributed by atoms with van der Waals surface area (Å²) in [5.74, 6) is 0.345. The fourth-order valence-electron chi connectivity index (χ4n) is 2.20. The Kier molecular flexibility index (Phi) is 6.44. The highest BCUT2D eigenvalue weighted by atomic mass is 35.5. The summed E-state index contributed by atoms with van der Waals surface area (Å²) in [6.45, 7) is 1.68. The summed E-state index contributed by atoms with van der Waals surface area (Å²) in [4.78, 5) is 12.3. The van der Waals surface area contributed by atoms with E-state index in [1.165, 1.54) is 0 Å². The molecule has 4 nitrogen and oxygen atoms in total. The minimum absolute atomic E-state index is 0.00768. The van der Waals surface area contributed by atoms with E-state index in [1.54, 1.807) is 31.2 Å². The van der Waals surface area contributed by atoms with Crippen LogP contribution in [0.15, 0.2) is 54.6 Å². The van der Waals surface area contributed by atoms with Crippen LogP contribution in [0.3, 0.4) is 0 Å². The lowest BCUT2D eigenvalue weighted by Crippen LogP contribution is -2.39. The minimum Gasteiger partial charge on any atom is -0.481 e. The van der Waals surface area contributed by atoms with E-state index in [2.05, 4.69) is 5.32 Å². The fraction of sp³-hybridized carbons (Fsp3) is 0.278. The van der Waals surface area contributed by atoms with E-state index < -0.39 is 6.10 Å². The quantitative estimate of drug-likeness (QED) is 0.817. The van der Waals surface area contributed by atoms with Crippen molar-refractivity contribution in [1.29, 1.82) is 0 Å². The van der Waals surface area contributed by atoms with Gasteiger partial charge in [0.05, 0.1) is 6.04 Å². The van der Waals surface area contributed by atoms with Gasteiger partial charge in [-0.2, -0.15) is 0 Å². The molecular formula is C18H20ClNO3. The Balaban J connectivity index is 1.99. The third kappa shape index (κ3) is 5.27. The first-order chi connectivity index (χ1) is 11.1. The summed E-state index contributed by atoms with van der Waals surface area (Å²) in [7, 11) is 0. The molecule has 2 rings (SSSR count). The lowest BCUT2D eigenvalue weighted by molar-refractivity contribution is -0.128. The molecule has 0 aliphatic carbocycles. The van der Waals surface area contributed by atoms with Gasteiger partial charge in [-0.25, -0.2) is 0 Å². The number of nitrogens with one attached hydrogen (secondary N) is 1. The zero-order valence-corrected chi connectivity index (χ0v) is 13.7. The summed E-state index contributed by atoms with van der Waals surface area (Å²) in [6.07, 6.45) is -0.204. The molecule has 0 heterocycles. The van der Waals surface area contributed by atoms with Crippen LogP contribution < -0.4 is 10.1 Å². The topological polar surface area (TPSA) is 58.6 Å². The highest BCUT2D eigenvalue weighted by molar-refractivity contribution is 6.30. The minimum atomic E-state index is -0.652. The van der Waals surface area contributed by atoms with Crippen molar-refractivity contribution in [2.45, 2.75) is 25.5 Å². The van der Waals surface area contributed by atoms with Gasteiger partial charge in [0.15, 0.2) is 6.10 Å². The average molecular weight is 334 g/mol. The van der Waals surface area contributed by atoms with Gasteiger partial charge in [-0.05, 0) is 43.2 Å². The van der Waals surface area contributed by atoms with Gasteiger partial charge < -0.3 is 15.2 Å². The number of ether oxygens (including phenoxy) is 1. The SMILES string of the molecule is CC(Oc1ccc(Cl)cc1)C(=O)NC(CCO)c1ccccc1. The van der Waals surface area contributed by atoms with Crippen LogP contribution in [-0.4, -0.2) is 23.7 Å². The van der Waals surface area contributed by atoms with Gasteiger partial charge >= 0.3 is 0 Å². The number of amides is 1.